The largest absolute Gasteiger partial charge is 0.486 e. The zero-order chi connectivity index (χ0) is 19.1. The number of rotatable bonds is 8. The molecule has 0 spiro atoms. The van der Waals surface area contributed by atoms with Gasteiger partial charge in [-0.3, -0.25) is 4.79 Å². The van der Waals surface area contributed by atoms with E-state index in [1.807, 2.05) is 36.6 Å². The molecule has 29 heavy (non-hydrogen) atoms. The van der Waals surface area contributed by atoms with Crippen molar-refractivity contribution >= 4 is 42.1 Å². The van der Waals surface area contributed by atoms with Gasteiger partial charge in [0, 0.05) is 18.0 Å². The number of aryl methyl sites for hydroxylation is 1. The second-order valence-electron chi connectivity index (χ2n) is 7.32. The summed E-state index contributed by atoms with van der Waals surface area (Å²) < 4.78 is 5.76. The van der Waals surface area contributed by atoms with Crippen LogP contribution in [0.15, 0.2) is 29.6 Å². The summed E-state index contributed by atoms with van der Waals surface area (Å²) in [5.74, 6) is 1.35. The Hall–Kier alpha value is -1.34. The minimum atomic E-state index is 0. The van der Waals surface area contributed by atoms with Crippen LogP contribution in [0.4, 0.5) is 0 Å². The van der Waals surface area contributed by atoms with Crippen molar-refractivity contribution in [3.63, 3.8) is 0 Å². The molecule has 0 bridgehead atoms. The van der Waals surface area contributed by atoms with Crippen LogP contribution in [-0.4, -0.2) is 23.5 Å². The maximum absolute atomic E-state index is 12.4. The zero-order valence-corrected chi connectivity index (χ0v) is 19.2. The fourth-order valence-corrected chi connectivity index (χ4v) is 4.31. The van der Waals surface area contributed by atoms with Crippen LogP contribution in [-0.2, 0) is 17.8 Å². The smallest absolute Gasteiger partial charge is 0.226 e. The number of ether oxygens (including phenoxy) is 1. The van der Waals surface area contributed by atoms with Gasteiger partial charge < -0.3 is 15.8 Å². The highest BCUT2D eigenvalue weighted by Gasteiger charge is 2.24. The number of aromatic nitrogens is 1. The average molecular weight is 460 g/mol. The lowest BCUT2D eigenvalue weighted by molar-refractivity contribution is -0.121. The Kier molecular flexibility index (Phi) is 11.6. The van der Waals surface area contributed by atoms with Gasteiger partial charge in [-0.15, -0.1) is 36.2 Å². The SMILES string of the molecule is Cc1ccc(OCc2nc(CC(=O)NC(CN)C3CCCCC3)cs2)cc1.Cl.Cl. The van der Waals surface area contributed by atoms with Crippen molar-refractivity contribution in [1.82, 2.24) is 10.3 Å². The molecule has 1 aliphatic carbocycles. The van der Waals surface area contributed by atoms with E-state index in [0.29, 0.717) is 25.5 Å². The third-order valence-corrected chi connectivity index (χ3v) is 6.01. The highest BCUT2D eigenvalue weighted by atomic mass is 35.5. The Morgan fingerprint density at radius 2 is 1.93 bits per heavy atom. The third kappa shape index (κ3) is 8.13. The highest BCUT2D eigenvalue weighted by molar-refractivity contribution is 7.09. The normalized spacial score (nSPS) is 15.0. The molecule has 1 unspecified atom stereocenters. The van der Waals surface area contributed by atoms with Crippen LogP contribution in [0, 0.1) is 12.8 Å². The molecular weight excluding hydrogens is 429 g/mol. The summed E-state index contributed by atoms with van der Waals surface area (Å²) in [5.41, 5.74) is 7.90. The van der Waals surface area contributed by atoms with Crippen molar-refractivity contribution in [3.8, 4) is 5.75 Å². The van der Waals surface area contributed by atoms with Gasteiger partial charge in [-0.05, 0) is 37.8 Å². The fraction of sp³-hybridized carbons (Fsp3) is 0.524. The monoisotopic (exact) mass is 459 g/mol. The Balaban J connectivity index is 0.00000210. The molecule has 162 valence electrons. The van der Waals surface area contributed by atoms with E-state index in [1.165, 1.54) is 49.0 Å². The lowest BCUT2D eigenvalue weighted by atomic mass is 9.84. The van der Waals surface area contributed by atoms with E-state index >= 15 is 0 Å². The van der Waals surface area contributed by atoms with Crippen LogP contribution in [0.1, 0.15) is 48.4 Å². The van der Waals surface area contributed by atoms with Crippen molar-refractivity contribution < 1.29 is 9.53 Å². The fourth-order valence-electron chi connectivity index (χ4n) is 3.60. The molecule has 0 aliphatic heterocycles. The first-order chi connectivity index (χ1) is 13.1. The van der Waals surface area contributed by atoms with E-state index in [9.17, 15) is 4.79 Å². The molecule has 5 nitrogen and oxygen atoms in total. The lowest BCUT2D eigenvalue weighted by Crippen LogP contribution is -2.46. The van der Waals surface area contributed by atoms with Crippen LogP contribution in [0.5, 0.6) is 5.75 Å². The molecule has 0 radical (unpaired) electrons. The minimum absolute atomic E-state index is 0. The van der Waals surface area contributed by atoms with Crippen molar-refractivity contribution in [2.45, 2.75) is 58.1 Å². The number of hydrogen-bond acceptors (Lipinski definition) is 5. The van der Waals surface area contributed by atoms with Gasteiger partial charge in [0.1, 0.15) is 17.4 Å². The topological polar surface area (TPSA) is 77.2 Å². The van der Waals surface area contributed by atoms with Gasteiger partial charge in [0.05, 0.1) is 12.1 Å². The number of benzene rings is 1. The Labute approximate surface area is 189 Å². The predicted molar refractivity (Wildman–Crippen MR) is 123 cm³/mol. The summed E-state index contributed by atoms with van der Waals surface area (Å²) in [6, 6.07) is 8.03. The van der Waals surface area contributed by atoms with E-state index in [-0.39, 0.29) is 36.8 Å². The van der Waals surface area contributed by atoms with Crippen molar-refractivity contribution in [2.24, 2.45) is 11.7 Å². The quantitative estimate of drug-likeness (QED) is 0.611. The van der Waals surface area contributed by atoms with E-state index in [4.69, 9.17) is 10.5 Å². The Morgan fingerprint density at radius 1 is 1.24 bits per heavy atom. The number of thiazole rings is 1. The average Bonchev–Trinajstić information content (AvgIpc) is 3.13. The van der Waals surface area contributed by atoms with Gasteiger partial charge in [0.2, 0.25) is 5.91 Å². The van der Waals surface area contributed by atoms with Crippen LogP contribution >= 0.6 is 36.2 Å². The molecule has 1 saturated carbocycles. The number of nitrogens with one attached hydrogen (secondary N) is 1. The van der Waals surface area contributed by atoms with E-state index in [0.717, 1.165) is 16.5 Å². The van der Waals surface area contributed by atoms with Crippen LogP contribution in [0.3, 0.4) is 0 Å². The summed E-state index contributed by atoms with van der Waals surface area (Å²) in [7, 11) is 0. The van der Waals surface area contributed by atoms with E-state index in [2.05, 4.69) is 10.3 Å². The number of carbonyl (C=O) groups is 1. The Morgan fingerprint density at radius 3 is 2.59 bits per heavy atom. The molecule has 2 aromatic rings. The molecule has 1 aromatic heterocycles. The molecule has 0 saturated heterocycles. The first-order valence-electron chi connectivity index (χ1n) is 9.76. The third-order valence-electron chi connectivity index (χ3n) is 5.14. The van der Waals surface area contributed by atoms with Gasteiger partial charge >= 0.3 is 0 Å². The molecular formula is C21H31Cl2N3O2S. The lowest BCUT2D eigenvalue weighted by Gasteiger charge is -2.30. The number of amides is 1. The first-order valence-corrected chi connectivity index (χ1v) is 10.6. The predicted octanol–water partition coefficient (Wildman–Crippen LogP) is 4.44. The van der Waals surface area contributed by atoms with E-state index in [1.54, 1.807) is 0 Å². The number of carbonyl (C=O) groups excluding carboxylic acids is 1. The van der Waals surface area contributed by atoms with Gasteiger partial charge in [0.25, 0.3) is 0 Å². The van der Waals surface area contributed by atoms with Crippen LogP contribution < -0.4 is 15.8 Å². The molecule has 8 heteroatoms. The molecule has 1 heterocycles. The van der Waals surface area contributed by atoms with Gasteiger partial charge in [0.15, 0.2) is 0 Å². The van der Waals surface area contributed by atoms with Crippen LogP contribution in [0.2, 0.25) is 0 Å². The molecule has 1 aliphatic rings. The summed E-state index contributed by atoms with van der Waals surface area (Å²) in [6.45, 7) is 2.97. The maximum atomic E-state index is 12.4. The molecule has 1 atom stereocenters. The molecule has 1 aromatic carbocycles. The summed E-state index contributed by atoms with van der Waals surface area (Å²) in [5, 5.41) is 5.94. The summed E-state index contributed by atoms with van der Waals surface area (Å²) in [4.78, 5) is 16.9. The Bertz CT molecular complexity index is 734. The summed E-state index contributed by atoms with van der Waals surface area (Å²) in [6.07, 6.45) is 6.41. The van der Waals surface area contributed by atoms with Gasteiger partial charge in [-0.25, -0.2) is 4.98 Å². The van der Waals surface area contributed by atoms with Crippen molar-refractivity contribution in [1.29, 1.82) is 0 Å². The maximum Gasteiger partial charge on any atom is 0.226 e. The van der Waals surface area contributed by atoms with Crippen LogP contribution in [0.25, 0.3) is 0 Å². The number of halogens is 2. The van der Waals surface area contributed by atoms with Gasteiger partial charge in [-0.2, -0.15) is 0 Å². The number of nitrogens with two attached hydrogens (primary N) is 1. The molecule has 3 rings (SSSR count). The molecule has 1 amide bonds. The standard InChI is InChI=1S/C21H29N3O2S.2ClH/c1-15-7-9-18(10-8-15)26-13-21-23-17(14-27-21)11-20(25)24-19(12-22)16-5-3-2-4-6-16;;/h7-10,14,16,19H,2-6,11-13,22H2,1H3,(H,24,25);2*1H. The molecule has 3 N–H and O–H groups in total. The number of hydrogen-bond donors (Lipinski definition) is 2. The van der Waals surface area contributed by atoms with Gasteiger partial charge in [-0.1, -0.05) is 37.0 Å². The second kappa shape index (κ2) is 13.1. The second-order valence-corrected chi connectivity index (χ2v) is 8.26. The molecule has 1 fully saturated rings. The summed E-state index contributed by atoms with van der Waals surface area (Å²) >= 11 is 1.53. The van der Waals surface area contributed by atoms with Crippen molar-refractivity contribution in [2.75, 3.05) is 6.54 Å². The minimum Gasteiger partial charge on any atom is -0.486 e. The first kappa shape index (κ1) is 25.7. The highest BCUT2D eigenvalue weighted by Crippen LogP contribution is 2.26. The zero-order valence-electron chi connectivity index (χ0n) is 16.8. The number of nitrogens with zero attached hydrogens (tertiary/aromatic N) is 1. The van der Waals surface area contributed by atoms with Crippen molar-refractivity contribution in [3.05, 3.63) is 45.9 Å². The van der Waals surface area contributed by atoms with E-state index < -0.39 is 0 Å².